The third kappa shape index (κ3) is 4.52. The number of sulfonamides is 1. The molecule has 0 N–H and O–H groups in total. The van der Waals surface area contributed by atoms with Crippen molar-refractivity contribution in [3.05, 3.63) is 48.3 Å². The number of hydrogen-bond donors (Lipinski definition) is 0. The summed E-state index contributed by atoms with van der Waals surface area (Å²) in [5.41, 5.74) is 1.22. The van der Waals surface area contributed by atoms with Gasteiger partial charge in [0.1, 0.15) is 10.6 Å². The number of benzene rings is 1. The number of carbonyl (C=O) groups excluding carboxylic acids is 2. The fourth-order valence-electron chi connectivity index (χ4n) is 3.44. The van der Waals surface area contributed by atoms with E-state index in [4.69, 9.17) is 4.74 Å². The van der Waals surface area contributed by atoms with Crippen molar-refractivity contribution in [2.75, 3.05) is 25.1 Å². The number of ether oxygens (including phenoxy) is 1. The van der Waals surface area contributed by atoms with Gasteiger partial charge < -0.3 is 4.74 Å². The molecule has 160 valence electrons. The number of methoxy groups -OCH3 is 1. The molecule has 0 aliphatic carbocycles. The van der Waals surface area contributed by atoms with Crippen LogP contribution in [-0.4, -0.2) is 49.7 Å². The summed E-state index contributed by atoms with van der Waals surface area (Å²) in [6.45, 7) is 2.30. The zero-order valence-electron chi connectivity index (χ0n) is 17.1. The van der Waals surface area contributed by atoms with Gasteiger partial charge in [0.15, 0.2) is 0 Å². The van der Waals surface area contributed by atoms with Crippen LogP contribution in [-0.2, 0) is 26.0 Å². The van der Waals surface area contributed by atoms with Crippen molar-refractivity contribution in [1.82, 2.24) is 9.29 Å². The fraction of sp³-hybridized carbons (Fsp3) is 0.381. The molecule has 0 atom stereocenters. The van der Waals surface area contributed by atoms with E-state index in [1.807, 2.05) is 12.1 Å². The predicted molar refractivity (Wildman–Crippen MR) is 112 cm³/mol. The summed E-state index contributed by atoms with van der Waals surface area (Å²) in [4.78, 5) is 29.5. The van der Waals surface area contributed by atoms with Crippen LogP contribution in [0, 0.1) is 0 Å². The van der Waals surface area contributed by atoms with Crippen molar-refractivity contribution in [1.29, 1.82) is 0 Å². The first-order valence-corrected chi connectivity index (χ1v) is 11.3. The summed E-state index contributed by atoms with van der Waals surface area (Å²) in [5.74, 6) is -0.493. The monoisotopic (exact) mass is 431 g/mol. The molecule has 3 rings (SSSR count). The number of rotatable bonds is 8. The summed E-state index contributed by atoms with van der Waals surface area (Å²) in [6, 6.07) is 8.05. The molecular formula is C21H25N3O5S. The Hall–Kier alpha value is -2.78. The molecule has 0 unspecified atom stereocenters. The van der Waals surface area contributed by atoms with E-state index in [0.29, 0.717) is 12.8 Å². The van der Waals surface area contributed by atoms with Crippen molar-refractivity contribution in [3.63, 3.8) is 0 Å². The lowest BCUT2D eigenvalue weighted by Gasteiger charge is -2.27. The Morgan fingerprint density at radius 1 is 1.10 bits per heavy atom. The third-order valence-electron chi connectivity index (χ3n) is 5.06. The molecule has 1 aromatic heterocycles. The molecule has 2 amide bonds. The Kier molecular flexibility index (Phi) is 6.84. The quantitative estimate of drug-likeness (QED) is 0.596. The molecule has 0 bridgehead atoms. The molecule has 1 aliphatic rings. The standard InChI is InChI=1S/C21H25N3O5S/c1-3-23(14-11-16-9-12-22-13-10-16)30(27,28)19-15-17(7-8-18(19)29-2)24-20(25)5-4-6-21(24)26/h7-10,12-13,15H,3-6,11,14H2,1-2H3. The van der Waals surface area contributed by atoms with Gasteiger partial charge in [0.2, 0.25) is 21.8 Å². The lowest BCUT2D eigenvalue weighted by atomic mass is 10.1. The van der Waals surface area contributed by atoms with Crippen LogP contribution < -0.4 is 9.64 Å². The van der Waals surface area contributed by atoms with E-state index in [1.54, 1.807) is 19.3 Å². The number of hydrogen-bond acceptors (Lipinski definition) is 6. The third-order valence-corrected chi connectivity index (χ3v) is 7.05. The van der Waals surface area contributed by atoms with Crippen molar-refractivity contribution < 1.29 is 22.7 Å². The van der Waals surface area contributed by atoms with E-state index in [-0.39, 0.29) is 54.1 Å². The minimum atomic E-state index is -3.92. The first-order valence-electron chi connectivity index (χ1n) is 9.81. The maximum atomic E-state index is 13.4. The van der Waals surface area contributed by atoms with Gasteiger partial charge in [-0.1, -0.05) is 6.92 Å². The van der Waals surface area contributed by atoms with Crippen molar-refractivity contribution in [2.24, 2.45) is 0 Å². The number of likely N-dealkylation sites (N-methyl/N-ethyl adjacent to an activating group) is 1. The number of anilines is 1. The minimum absolute atomic E-state index is 0.0646. The van der Waals surface area contributed by atoms with Gasteiger partial charge in [0, 0.05) is 38.3 Å². The van der Waals surface area contributed by atoms with E-state index in [1.165, 1.54) is 29.6 Å². The fourth-order valence-corrected chi connectivity index (χ4v) is 5.06. The zero-order chi connectivity index (χ0) is 21.7. The Morgan fingerprint density at radius 3 is 2.37 bits per heavy atom. The van der Waals surface area contributed by atoms with Crippen LogP contribution in [0.4, 0.5) is 5.69 Å². The molecule has 1 fully saturated rings. The molecular weight excluding hydrogens is 406 g/mol. The average Bonchev–Trinajstić information content (AvgIpc) is 2.74. The average molecular weight is 432 g/mol. The number of nitrogens with zero attached hydrogens (tertiary/aromatic N) is 3. The van der Waals surface area contributed by atoms with Crippen LogP contribution in [0.25, 0.3) is 0 Å². The summed E-state index contributed by atoms with van der Waals surface area (Å²) < 4.78 is 33.5. The first kappa shape index (κ1) is 21.9. The Labute approximate surface area is 176 Å². The minimum Gasteiger partial charge on any atom is -0.495 e. The van der Waals surface area contributed by atoms with E-state index in [9.17, 15) is 18.0 Å². The molecule has 1 saturated heterocycles. The predicted octanol–water partition coefficient (Wildman–Crippen LogP) is 2.39. The maximum Gasteiger partial charge on any atom is 0.246 e. The molecule has 9 heteroatoms. The zero-order valence-corrected chi connectivity index (χ0v) is 17.9. The van der Waals surface area contributed by atoms with Gasteiger partial charge in [-0.15, -0.1) is 0 Å². The van der Waals surface area contributed by atoms with Gasteiger partial charge >= 0.3 is 0 Å². The van der Waals surface area contributed by atoms with Gasteiger partial charge in [-0.05, 0) is 48.7 Å². The van der Waals surface area contributed by atoms with Gasteiger partial charge in [-0.25, -0.2) is 8.42 Å². The first-order chi connectivity index (χ1) is 14.4. The topological polar surface area (TPSA) is 96.9 Å². The summed E-state index contributed by atoms with van der Waals surface area (Å²) in [7, 11) is -2.53. The smallest absolute Gasteiger partial charge is 0.246 e. The van der Waals surface area contributed by atoms with Crippen LogP contribution in [0.5, 0.6) is 5.75 Å². The highest BCUT2D eigenvalue weighted by atomic mass is 32.2. The molecule has 0 spiro atoms. The summed E-state index contributed by atoms with van der Waals surface area (Å²) >= 11 is 0. The van der Waals surface area contributed by atoms with Crippen LogP contribution in [0.3, 0.4) is 0 Å². The van der Waals surface area contributed by atoms with Crippen molar-refractivity contribution in [2.45, 2.75) is 37.5 Å². The van der Waals surface area contributed by atoms with Crippen LogP contribution in [0.2, 0.25) is 0 Å². The second-order valence-electron chi connectivity index (χ2n) is 6.91. The number of carbonyl (C=O) groups is 2. The Balaban J connectivity index is 1.94. The molecule has 1 aliphatic heterocycles. The van der Waals surface area contributed by atoms with Gasteiger partial charge in [0.25, 0.3) is 0 Å². The lowest BCUT2D eigenvalue weighted by Crippen LogP contribution is -2.40. The highest BCUT2D eigenvalue weighted by Crippen LogP contribution is 2.33. The highest BCUT2D eigenvalue weighted by molar-refractivity contribution is 7.89. The molecule has 0 saturated carbocycles. The number of aromatic nitrogens is 1. The van der Waals surface area contributed by atoms with Gasteiger partial charge in [-0.2, -0.15) is 4.31 Å². The molecule has 2 heterocycles. The second-order valence-corrected chi connectivity index (χ2v) is 8.82. The number of piperidine rings is 1. The van der Waals surface area contributed by atoms with Crippen LogP contribution >= 0.6 is 0 Å². The SMILES string of the molecule is CCN(CCc1ccncc1)S(=O)(=O)c1cc(N2C(=O)CCCC2=O)ccc1OC. The van der Waals surface area contributed by atoms with Crippen LogP contribution in [0.15, 0.2) is 47.6 Å². The molecule has 30 heavy (non-hydrogen) atoms. The van der Waals surface area contributed by atoms with Gasteiger partial charge in [0.05, 0.1) is 12.8 Å². The lowest BCUT2D eigenvalue weighted by molar-refractivity contribution is -0.129. The maximum absolute atomic E-state index is 13.4. The van der Waals surface area contributed by atoms with E-state index < -0.39 is 10.0 Å². The number of pyridine rings is 1. The molecule has 8 nitrogen and oxygen atoms in total. The normalized spacial score (nSPS) is 15.0. The Bertz CT molecular complexity index is 1010. The van der Waals surface area contributed by atoms with Gasteiger partial charge in [-0.3, -0.25) is 19.5 Å². The molecule has 0 radical (unpaired) electrons. The number of amides is 2. The van der Waals surface area contributed by atoms with E-state index >= 15 is 0 Å². The largest absolute Gasteiger partial charge is 0.495 e. The van der Waals surface area contributed by atoms with E-state index in [2.05, 4.69) is 4.98 Å². The molecule has 1 aromatic carbocycles. The molecule has 2 aromatic rings. The number of imide groups is 1. The highest BCUT2D eigenvalue weighted by Gasteiger charge is 2.31. The Morgan fingerprint density at radius 2 is 1.77 bits per heavy atom. The van der Waals surface area contributed by atoms with Crippen molar-refractivity contribution >= 4 is 27.5 Å². The van der Waals surface area contributed by atoms with Crippen molar-refractivity contribution in [3.8, 4) is 5.75 Å². The van der Waals surface area contributed by atoms with Crippen LogP contribution in [0.1, 0.15) is 31.7 Å². The summed E-state index contributed by atoms with van der Waals surface area (Å²) in [5, 5.41) is 0. The second kappa shape index (κ2) is 9.36. The van der Waals surface area contributed by atoms with E-state index in [0.717, 1.165) is 10.5 Å². The summed E-state index contributed by atoms with van der Waals surface area (Å²) in [6.07, 6.45) is 4.88.